The van der Waals surface area contributed by atoms with Gasteiger partial charge in [-0.05, 0) is 45.1 Å². The van der Waals surface area contributed by atoms with E-state index < -0.39 is 0 Å². The van der Waals surface area contributed by atoms with Crippen LogP contribution in [0.5, 0.6) is 0 Å². The van der Waals surface area contributed by atoms with Crippen molar-refractivity contribution in [2.24, 2.45) is 10.4 Å². The Morgan fingerprint density at radius 2 is 1.90 bits per heavy atom. The molecule has 2 fully saturated rings. The number of nitrogens with one attached hydrogen (secondary N) is 3. The van der Waals surface area contributed by atoms with Gasteiger partial charge >= 0.3 is 0 Å². The fraction of sp³-hybridized carbons (Fsp3) is 0.720. The number of hydrogen-bond acceptors (Lipinski definition) is 4. The SMILES string of the molecule is CCNC(=NCC1(C)CCCCC1O)NCC1(NC(C)c2ccccc2)CCOCC1. The summed E-state index contributed by atoms with van der Waals surface area (Å²) in [7, 11) is 0. The van der Waals surface area contributed by atoms with Crippen molar-refractivity contribution in [2.45, 2.75) is 77.0 Å². The molecule has 4 N–H and O–H groups in total. The Hall–Kier alpha value is -1.63. The molecule has 0 aromatic heterocycles. The number of aliphatic hydroxyl groups is 1. The van der Waals surface area contributed by atoms with Crippen LogP contribution in [0.4, 0.5) is 0 Å². The van der Waals surface area contributed by atoms with E-state index >= 15 is 0 Å². The maximum Gasteiger partial charge on any atom is 0.191 e. The van der Waals surface area contributed by atoms with Gasteiger partial charge in [0.05, 0.1) is 12.6 Å². The Balaban J connectivity index is 1.66. The van der Waals surface area contributed by atoms with Gasteiger partial charge in [0.2, 0.25) is 0 Å². The third-order valence-corrected chi connectivity index (χ3v) is 7.09. The van der Waals surface area contributed by atoms with Crippen molar-refractivity contribution < 1.29 is 9.84 Å². The summed E-state index contributed by atoms with van der Waals surface area (Å²) >= 11 is 0. The van der Waals surface area contributed by atoms with E-state index in [0.717, 1.165) is 64.4 Å². The number of guanidine groups is 1. The maximum atomic E-state index is 10.5. The predicted molar refractivity (Wildman–Crippen MR) is 127 cm³/mol. The lowest BCUT2D eigenvalue weighted by atomic mass is 9.73. The molecule has 3 rings (SSSR count). The van der Waals surface area contributed by atoms with Crippen LogP contribution in [0.15, 0.2) is 35.3 Å². The van der Waals surface area contributed by atoms with Gasteiger partial charge in [0.15, 0.2) is 5.96 Å². The number of nitrogens with zero attached hydrogens (tertiary/aromatic N) is 1. The molecular weight excluding hydrogens is 388 g/mol. The maximum absolute atomic E-state index is 10.5. The summed E-state index contributed by atoms with van der Waals surface area (Å²) in [6, 6.07) is 10.9. The Morgan fingerprint density at radius 3 is 2.58 bits per heavy atom. The monoisotopic (exact) mass is 430 g/mol. The van der Waals surface area contributed by atoms with E-state index in [-0.39, 0.29) is 23.1 Å². The molecule has 1 aliphatic carbocycles. The first-order valence-electron chi connectivity index (χ1n) is 12.1. The molecule has 1 saturated carbocycles. The molecule has 1 heterocycles. The van der Waals surface area contributed by atoms with E-state index in [0.29, 0.717) is 6.54 Å². The summed E-state index contributed by atoms with van der Waals surface area (Å²) < 4.78 is 5.68. The van der Waals surface area contributed by atoms with Crippen LogP contribution in [0.2, 0.25) is 0 Å². The first-order chi connectivity index (χ1) is 15.0. The van der Waals surface area contributed by atoms with Crippen molar-refractivity contribution in [3.05, 3.63) is 35.9 Å². The van der Waals surface area contributed by atoms with Crippen molar-refractivity contribution >= 4 is 5.96 Å². The topological polar surface area (TPSA) is 77.9 Å². The van der Waals surface area contributed by atoms with Crippen LogP contribution in [0, 0.1) is 5.41 Å². The summed E-state index contributed by atoms with van der Waals surface area (Å²) in [5.41, 5.74) is 1.13. The Kier molecular flexibility index (Phi) is 8.76. The van der Waals surface area contributed by atoms with E-state index in [4.69, 9.17) is 9.73 Å². The fourth-order valence-corrected chi connectivity index (χ4v) is 4.84. The standard InChI is InChI=1S/C25H42N4O2/c1-4-26-23(27-18-24(3)13-9-8-12-22(24)30)28-19-25(14-16-31-17-15-25)29-20(2)21-10-6-5-7-11-21/h5-7,10-11,20,22,29-30H,4,8-9,12-19H2,1-3H3,(H2,26,27,28). The van der Waals surface area contributed by atoms with Crippen molar-refractivity contribution in [2.75, 3.05) is 32.8 Å². The van der Waals surface area contributed by atoms with Crippen molar-refractivity contribution in [1.82, 2.24) is 16.0 Å². The molecular formula is C25H42N4O2. The van der Waals surface area contributed by atoms with Gasteiger partial charge in [-0.2, -0.15) is 0 Å². The number of aliphatic imine (C=N–C) groups is 1. The van der Waals surface area contributed by atoms with Gasteiger partial charge < -0.3 is 25.8 Å². The molecule has 1 saturated heterocycles. The van der Waals surface area contributed by atoms with Crippen LogP contribution < -0.4 is 16.0 Å². The zero-order chi connectivity index (χ0) is 22.2. The summed E-state index contributed by atoms with van der Waals surface area (Å²) in [6.07, 6.45) is 5.89. The number of rotatable bonds is 8. The molecule has 0 spiro atoms. The van der Waals surface area contributed by atoms with Crippen LogP contribution in [-0.2, 0) is 4.74 Å². The zero-order valence-corrected chi connectivity index (χ0v) is 19.6. The average Bonchev–Trinajstić information content (AvgIpc) is 2.79. The van der Waals surface area contributed by atoms with Crippen LogP contribution >= 0.6 is 0 Å². The first kappa shape index (κ1) is 24.0. The predicted octanol–water partition coefficient (Wildman–Crippen LogP) is 3.38. The summed E-state index contributed by atoms with van der Waals surface area (Å²) in [6.45, 7) is 10.3. The van der Waals surface area contributed by atoms with Crippen LogP contribution in [0.25, 0.3) is 0 Å². The third-order valence-electron chi connectivity index (χ3n) is 7.09. The van der Waals surface area contributed by atoms with Gasteiger partial charge in [-0.15, -0.1) is 0 Å². The van der Waals surface area contributed by atoms with Gasteiger partial charge in [-0.25, -0.2) is 0 Å². The molecule has 2 aliphatic rings. The van der Waals surface area contributed by atoms with E-state index in [9.17, 15) is 5.11 Å². The summed E-state index contributed by atoms with van der Waals surface area (Å²) in [4.78, 5) is 4.89. The zero-order valence-electron chi connectivity index (χ0n) is 19.6. The Morgan fingerprint density at radius 1 is 1.16 bits per heavy atom. The number of aliphatic hydroxyl groups excluding tert-OH is 1. The Labute approximate surface area is 188 Å². The van der Waals surface area contributed by atoms with Crippen molar-refractivity contribution in [1.29, 1.82) is 0 Å². The first-order valence-corrected chi connectivity index (χ1v) is 12.1. The molecule has 6 nitrogen and oxygen atoms in total. The van der Waals surface area contributed by atoms with Gasteiger partial charge in [-0.3, -0.25) is 4.99 Å². The second-order valence-corrected chi connectivity index (χ2v) is 9.63. The highest BCUT2D eigenvalue weighted by Crippen LogP contribution is 2.36. The van der Waals surface area contributed by atoms with Crippen molar-refractivity contribution in [3.8, 4) is 0 Å². The highest BCUT2D eigenvalue weighted by atomic mass is 16.5. The number of hydrogen-bond donors (Lipinski definition) is 4. The lowest BCUT2D eigenvalue weighted by Crippen LogP contribution is -2.58. The third kappa shape index (κ3) is 6.67. The van der Waals surface area contributed by atoms with Crippen molar-refractivity contribution in [3.63, 3.8) is 0 Å². The molecule has 31 heavy (non-hydrogen) atoms. The molecule has 0 radical (unpaired) electrons. The van der Waals surface area contributed by atoms with Crippen LogP contribution in [0.1, 0.15) is 70.9 Å². The van der Waals surface area contributed by atoms with Gasteiger partial charge in [-0.1, -0.05) is 50.1 Å². The van der Waals surface area contributed by atoms with Gasteiger partial charge in [0.1, 0.15) is 0 Å². The second kappa shape index (κ2) is 11.3. The molecule has 3 atom stereocenters. The van der Waals surface area contributed by atoms with Crippen LogP contribution in [-0.4, -0.2) is 55.6 Å². The molecule has 0 amide bonds. The van der Waals surface area contributed by atoms with E-state index in [1.165, 1.54) is 12.0 Å². The minimum Gasteiger partial charge on any atom is -0.392 e. The van der Waals surface area contributed by atoms with E-state index in [1.807, 2.05) is 0 Å². The molecule has 6 heteroatoms. The minimum absolute atomic E-state index is 0.0437. The van der Waals surface area contributed by atoms with Gasteiger partial charge in [0.25, 0.3) is 0 Å². The van der Waals surface area contributed by atoms with Gasteiger partial charge in [0, 0.05) is 43.3 Å². The normalized spacial score (nSPS) is 27.5. The number of ether oxygens (including phenoxy) is 1. The summed E-state index contributed by atoms with van der Waals surface area (Å²) in [5.74, 6) is 0.835. The van der Waals surface area contributed by atoms with Crippen LogP contribution in [0.3, 0.4) is 0 Å². The number of benzene rings is 1. The lowest BCUT2D eigenvalue weighted by molar-refractivity contribution is 0.00711. The average molecular weight is 431 g/mol. The highest BCUT2D eigenvalue weighted by molar-refractivity contribution is 5.79. The molecule has 1 aliphatic heterocycles. The molecule has 1 aromatic rings. The quantitative estimate of drug-likeness (QED) is 0.376. The minimum atomic E-state index is -0.261. The lowest BCUT2D eigenvalue weighted by Gasteiger charge is -2.41. The molecule has 174 valence electrons. The molecule has 1 aromatic carbocycles. The van der Waals surface area contributed by atoms with E-state index in [2.05, 4.69) is 67.1 Å². The van der Waals surface area contributed by atoms with E-state index in [1.54, 1.807) is 0 Å². The smallest absolute Gasteiger partial charge is 0.191 e. The Bertz CT molecular complexity index is 690. The molecule has 3 unspecified atom stereocenters. The fourth-order valence-electron chi connectivity index (χ4n) is 4.84. The largest absolute Gasteiger partial charge is 0.392 e. The second-order valence-electron chi connectivity index (χ2n) is 9.63. The summed E-state index contributed by atoms with van der Waals surface area (Å²) in [5, 5.41) is 21.4. The molecule has 0 bridgehead atoms. The highest BCUT2D eigenvalue weighted by Gasteiger charge is 2.36.